The molecule has 0 fully saturated rings. The van der Waals surface area contributed by atoms with Crippen LogP contribution in [0.15, 0.2) is 79.0 Å². The van der Waals surface area contributed by atoms with Gasteiger partial charge in [-0.2, -0.15) is 0 Å². The number of carbonyl (C=O) groups is 2. The van der Waals surface area contributed by atoms with E-state index in [0.29, 0.717) is 18.7 Å². The molecule has 0 saturated heterocycles. The van der Waals surface area contributed by atoms with Crippen molar-refractivity contribution in [3.05, 3.63) is 101 Å². The number of nitrogens with one attached hydrogen (secondary N) is 1. The molecule has 1 aromatic heterocycles. The standard InChI is InChI=1S/C23H23N3O2/c1-26(17-19-10-6-3-7-11-19)23(28)21-16-20(13-15-24-21)22(27)25-14-12-18-8-4-2-5-9-18/h2-11,13,15-16H,12,14,17H2,1H3,(H,25,27). The summed E-state index contributed by atoms with van der Waals surface area (Å²) in [4.78, 5) is 30.8. The van der Waals surface area contributed by atoms with E-state index in [0.717, 1.165) is 17.5 Å². The Morgan fingerprint density at radius 1 is 0.929 bits per heavy atom. The smallest absolute Gasteiger partial charge is 0.272 e. The molecule has 2 amide bonds. The Morgan fingerprint density at radius 2 is 1.57 bits per heavy atom. The van der Waals surface area contributed by atoms with E-state index in [2.05, 4.69) is 10.3 Å². The highest BCUT2D eigenvalue weighted by Gasteiger charge is 2.16. The van der Waals surface area contributed by atoms with Crippen molar-refractivity contribution in [2.45, 2.75) is 13.0 Å². The highest BCUT2D eigenvalue weighted by atomic mass is 16.2. The third-order valence-electron chi connectivity index (χ3n) is 4.39. The van der Waals surface area contributed by atoms with Gasteiger partial charge < -0.3 is 10.2 Å². The van der Waals surface area contributed by atoms with E-state index in [4.69, 9.17) is 0 Å². The molecule has 1 N–H and O–H groups in total. The lowest BCUT2D eigenvalue weighted by atomic mass is 10.1. The van der Waals surface area contributed by atoms with Crippen molar-refractivity contribution in [1.82, 2.24) is 15.2 Å². The largest absolute Gasteiger partial charge is 0.352 e. The van der Waals surface area contributed by atoms with Crippen molar-refractivity contribution < 1.29 is 9.59 Å². The van der Waals surface area contributed by atoms with Gasteiger partial charge in [-0.1, -0.05) is 60.7 Å². The van der Waals surface area contributed by atoms with Crippen LogP contribution in [0.25, 0.3) is 0 Å². The fourth-order valence-corrected chi connectivity index (χ4v) is 2.88. The van der Waals surface area contributed by atoms with Gasteiger partial charge in [0.2, 0.25) is 0 Å². The summed E-state index contributed by atoms with van der Waals surface area (Å²) in [6.45, 7) is 1.01. The summed E-state index contributed by atoms with van der Waals surface area (Å²) >= 11 is 0. The zero-order valence-corrected chi connectivity index (χ0v) is 15.8. The molecule has 0 spiro atoms. The van der Waals surface area contributed by atoms with E-state index in [1.807, 2.05) is 60.7 Å². The van der Waals surface area contributed by atoms with Crippen molar-refractivity contribution >= 4 is 11.8 Å². The summed E-state index contributed by atoms with van der Waals surface area (Å²) in [7, 11) is 1.73. The maximum Gasteiger partial charge on any atom is 0.272 e. The molecule has 0 unspecified atom stereocenters. The minimum atomic E-state index is -0.220. The summed E-state index contributed by atoms with van der Waals surface area (Å²) < 4.78 is 0. The van der Waals surface area contributed by atoms with Gasteiger partial charge in [0.25, 0.3) is 11.8 Å². The predicted octanol–water partition coefficient (Wildman–Crippen LogP) is 3.33. The number of hydrogen-bond acceptors (Lipinski definition) is 3. The van der Waals surface area contributed by atoms with Crippen molar-refractivity contribution in [3.8, 4) is 0 Å². The first-order valence-electron chi connectivity index (χ1n) is 9.21. The molecule has 0 aliphatic carbocycles. The predicted molar refractivity (Wildman–Crippen MR) is 109 cm³/mol. The quantitative estimate of drug-likeness (QED) is 0.691. The summed E-state index contributed by atoms with van der Waals surface area (Å²) in [6.07, 6.45) is 2.25. The molecule has 0 bridgehead atoms. The molecule has 0 aliphatic rings. The molecule has 28 heavy (non-hydrogen) atoms. The van der Waals surface area contributed by atoms with Crippen LogP contribution in [0, 0.1) is 0 Å². The van der Waals surface area contributed by atoms with Crippen LogP contribution in [0.5, 0.6) is 0 Å². The lowest BCUT2D eigenvalue weighted by molar-refractivity contribution is 0.0779. The minimum absolute atomic E-state index is 0.210. The van der Waals surface area contributed by atoms with Gasteiger partial charge in [0, 0.05) is 31.9 Å². The minimum Gasteiger partial charge on any atom is -0.352 e. The number of carbonyl (C=O) groups excluding carboxylic acids is 2. The second kappa shape index (κ2) is 9.46. The second-order valence-electron chi connectivity index (χ2n) is 6.57. The number of nitrogens with zero attached hydrogens (tertiary/aromatic N) is 2. The zero-order chi connectivity index (χ0) is 19.8. The first-order valence-corrected chi connectivity index (χ1v) is 9.21. The summed E-state index contributed by atoms with van der Waals surface area (Å²) in [5, 5.41) is 2.89. The van der Waals surface area contributed by atoms with Crippen LogP contribution in [0.3, 0.4) is 0 Å². The van der Waals surface area contributed by atoms with Crippen LogP contribution in [-0.4, -0.2) is 35.3 Å². The lowest BCUT2D eigenvalue weighted by Gasteiger charge is -2.17. The van der Waals surface area contributed by atoms with Gasteiger partial charge in [-0.3, -0.25) is 14.6 Å². The van der Waals surface area contributed by atoms with Crippen LogP contribution in [-0.2, 0) is 13.0 Å². The Kier molecular flexibility index (Phi) is 6.52. The Hall–Kier alpha value is -3.47. The Morgan fingerprint density at radius 3 is 2.25 bits per heavy atom. The molecule has 5 nitrogen and oxygen atoms in total. The van der Waals surface area contributed by atoms with E-state index < -0.39 is 0 Å². The maximum absolute atomic E-state index is 12.7. The monoisotopic (exact) mass is 373 g/mol. The zero-order valence-electron chi connectivity index (χ0n) is 15.8. The first-order chi connectivity index (χ1) is 13.6. The topological polar surface area (TPSA) is 62.3 Å². The van der Waals surface area contributed by atoms with Gasteiger partial charge in [-0.25, -0.2) is 0 Å². The van der Waals surface area contributed by atoms with Crippen LogP contribution < -0.4 is 5.32 Å². The van der Waals surface area contributed by atoms with Crippen LogP contribution in [0.2, 0.25) is 0 Å². The molecule has 2 aromatic carbocycles. The average molecular weight is 373 g/mol. The number of benzene rings is 2. The molecule has 3 rings (SSSR count). The second-order valence-corrected chi connectivity index (χ2v) is 6.57. The molecule has 1 heterocycles. The molecule has 0 radical (unpaired) electrons. The van der Waals surface area contributed by atoms with E-state index in [9.17, 15) is 9.59 Å². The third-order valence-corrected chi connectivity index (χ3v) is 4.39. The number of hydrogen-bond donors (Lipinski definition) is 1. The summed E-state index contributed by atoms with van der Waals surface area (Å²) in [6, 6.07) is 22.9. The lowest BCUT2D eigenvalue weighted by Crippen LogP contribution is -2.28. The molecule has 0 saturated carbocycles. The van der Waals surface area contributed by atoms with Crippen LogP contribution in [0.1, 0.15) is 32.0 Å². The number of pyridine rings is 1. The SMILES string of the molecule is CN(Cc1ccccc1)C(=O)c1cc(C(=O)NCCc2ccccc2)ccn1. The van der Waals surface area contributed by atoms with E-state index in [1.165, 1.54) is 6.20 Å². The third kappa shape index (κ3) is 5.27. The Labute approximate surface area is 165 Å². The molecule has 142 valence electrons. The molecular weight excluding hydrogens is 350 g/mol. The Balaban J connectivity index is 1.59. The van der Waals surface area contributed by atoms with Gasteiger partial charge in [-0.15, -0.1) is 0 Å². The maximum atomic E-state index is 12.7. The normalized spacial score (nSPS) is 10.3. The van der Waals surface area contributed by atoms with Crippen molar-refractivity contribution in [2.75, 3.05) is 13.6 Å². The molecular formula is C23H23N3O2. The Bertz CT molecular complexity index is 927. The van der Waals surface area contributed by atoms with Crippen LogP contribution >= 0.6 is 0 Å². The summed E-state index contributed by atoms with van der Waals surface area (Å²) in [5.41, 5.74) is 2.89. The van der Waals surface area contributed by atoms with Gasteiger partial charge in [-0.05, 0) is 29.7 Å². The van der Waals surface area contributed by atoms with Gasteiger partial charge in [0.05, 0.1) is 0 Å². The average Bonchev–Trinajstić information content (AvgIpc) is 2.74. The van der Waals surface area contributed by atoms with Gasteiger partial charge in [0.1, 0.15) is 5.69 Å². The van der Waals surface area contributed by atoms with E-state index in [-0.39, 0.29) is 17.5 Å². The number of aromatic nitrogens is 1. The van der Waals surface area contributed by atoms with E-state index in [1.54, 1.807) is 24.1 Å². The van der Waals surface area contributed by atoms with Crippen molar-refractivity contribution in [2.24, 2.45) is 0 Å². The van der Waals surface area contributed by atoms with Crippen LogP contribution in [0.4, 0.5) is 0 Å². The highest BCUT2D eigenvalue weighted by molar-refractivity contribution is 5.98. The molecule has 5 heteroatoms. The first kappa shape index (κ1) is 19.3. The molecule has 3 aromatic rings. The van der Waals surface area contributed by atoms with Crippen molar-refractivity contribution in [3.63, 3.8) is 0 Å². The number of rotatable bonds is 7. The van der Waals surface area contributed by atoms with Crippen molar-refractivity contribution in [1.29, 1.82) is 0 Å². The highest BCUT2D eigenvalue weighted by Crippen LogP contribution is 2.09. The molecule has 0 atom stereocenters. The fraction of sp³-hybridized carbons (Fsp3) is 0.174. The van der Waals surface area contributed by atoms with Gasteiger partial charge in [0.15, 0.2) is 0 Å². The van der Waals surface area contributed by atoms with Gasteiger partial charge >= 0.3 is 0 Å². The molecule has 0 aliphatic heterocycles. The number of amides is 2. The van der Waals surface area contributed by atoms with E-state index >= 15 is 0 Å². The summed E-state index contributed by atoms with van der Waals surface area (Å²) in [5.74, 6) is -0.430. The fourth-order valence-electron chi connectivity index (χ4n) is 2.88.